The molecule has 0 saturated carbocycles. The summed E-state index contributed by atoms with van der Waals surface area (Å²) in [5.41, 5.74) is 0. The molecule has 0 aliphatic rings. The highest BCUT2D eigenvalue weighted by Gasteiger charge is 2.19. The Morgan fingerprint density at radius 3 is 0.841 bits per heavy atom. The normalized spacial score (nSPS) is 12.3. The minimum Gasteiger partial charge on any atom is -0.462 e. The first-order valence-electron chi connectivity index (χ1n) is 30.1. The van der Waals surface area contributed by atoms with Gasteiger partial charge in [0.15, 0.2) is 6.10 Å². The first kappa shape index (κ1) is 66.4. The Labute approximate surface area is 428 Å². The number of esters is 3. The molecule has 0 rings (SSSR count). The van der Waals surface area contributed by atoms with Crippen molar-refractivity contribution in [2.24, 2.45) is 0 Å². The lowest BCUT2D eigenvalue weighted by Crippen LogP contribution is -2.30. The lowest BCUT2D eigenvalue weighted by molar-refractivity contribution is -0.167. The summed E-state index contributed by atoms with van der Waals surface area (Å²) in [5, 5.41) is 0. The van der Waals surface area contributed by atoms with Crippen LogP contribution in [0.2, 0.25) is 0 Å². The molecule has 0 aromatic carbocycles. The summed E-state index contributed by atoms with van der Waals surface area (Å²) in [7, 11) is 0. The number of carbonyl (C=O) groups excluding carboxylic acids is 3. The predicted octanol–water partition coefficient (Wildman–Crippen LogP) is 20.2. The van der Waals surface area contributed by atoms with Crippen molar-refractivity contribution in [1.82, 2.24) is 0 Å². The summed E-state index contributed by atoms with van der Waals surface area (Å²) in [5.74, 6) is -0.875. The van der Waals surface area contributed by atoms with Gasteiger partial charge >= 0.3 is 17.9 Å². The van der Waals surface area contributed by atoms with Crippen molar-refractivity contribution in [2.45, 2.75) is 322 Å². The van der Waals surface area contributed by atoms with Crippen molar-refractivity contribution in [3.8, 4) is 0 Å². The van der Waals surface area contributed by atoms with Crippen LogP contribution in [-0.4, -0.2) is 37.2 Å². The van der Waals surface area contributed by atoms with E-state index in [1.807, 2.05) is 0 Å². The maximum Gasteiger partial charge on any atom is 0.306 e. The number of unbranched alkanes of at least 4 members (excludes halogenated alkanes) is 36. The van der Waals surface area contributed by atoms with Gasteiger partial charge in [0.05, 0.1) is 0 Å². The highest BCUT2D eigenvalue weighted by molar-refractivity contribution is 5.71. The number of hydrogen-bond acceptors (Lipinski definition) is 6. The Hall–Kier alpha value is -2.63. The minimum absolute atomic E-state index is 0.0766. The number of ether oxygens (including phenoxy) is 3. The van der Waals surface area contributed by atoms with Crippen LogP contribution < -0.4 is 0 Å². The van der Waals surface area contributed by atoms with Crippen LogP contribution in [0.5, 0.6) is 0 Å². The van der Waals surface area contributed by atoms with Crippen molar-refractivity contribution in [1.29, 1.82) is 0 Å². The van der Waals surface area contributed by atoms with Crippen LogP contribution in [0.4, 0.5) is 0 Å². The fraction of sp³-hybridized carbons (Fsp3) is 0.825. The molecule has 0 aromatic heterocycles. The Bertz CT molecular complexity index is 1200. The van der Waals surface area contributed by atoms with Gasteiger partial charge in [0.1, 0.15) is 13.2 Å². The maximum atomic E-state index is 12.9. The van der Waals surface area contributed by atoms with E-state index in [1.54, 1.807) is 0 Å². The van der Waals surface area contributed by atoms with E-state index in [-0.39, 0.29) is 31.1 Å². The number of hydrogen-bond donors (Lipinski definition) is 0. The third-order valence-corrected chi connectivity index (χ3v) is 13.3. The van der Waals surface area contributed by atoms with Gasteiger partial charge in [-0.2, -0.15) is 0 Å². The summed E-state index contributed by atoms with van der Waals surface area (Å²) in [6.07, 6.45) is 71.0. The zero-order chi connectivity index (χ0) is 50.0. The average molecular weight is 968 g/mol. The average Bonchev–Trinajstić information content (AvgIpc) is 3.35. The molecule has 0 saturated heterocycles. The number of allylic oxidation sites excluding steroid dienone is 8. The SMILES string of the molecule is CCCCCC/C=C\CCCCCCCC(=O)OCC(COC(=O)CCCCCCCCCC/C=C\C/C=C\C/C=C\CCCCCCC)OC(=O)CCCCCCCCCCCCCCCCC. The molecular formula is C63H114O6. The van der Waals surface area contributed by atoms with Crippen LogP contribution in [0.25, 0.3) is 0 Å². The third kappa shape index (κ3) is 56.2. The zero-order valence-corrected chi connectivity index (χ0v) is 46.1. The molecule has 0 bridgehead atoms. The molecule has 0 fully saturated rings. The highest BCUT2D eigenvalue weighted by Crippen LogP contribution is 2.16. The van der Waals surface area contributed by atoms with E-state index >= 15 is 0 Å². The second-order valence-corrected chi connectivity index (χ2v) is 20.3. The topological polar surface area (TPSA) is 78.9 Å². The van der Waals surface area contributed by atoms with E-state index < -0.39 is 6.10 Å². The molecule has 0 aromatic rings. The molecule has 6 nitrogen and oxygen atoms in total. The van der Waals surface area contributed by atoms with E-state index in [9.17, 15) is 14.4 Å². The second-order valence-electron chi connectivity index (χ2n) is 20.3. The number of carbonyl (C=O) groups is 3. The largest absolute Gasteiger partial charge is 0.462 e. The molecule has 0 heterocycles. The Morgan fingerprint density at radius 2 is 0.522 bits per heavy atom. The summed E-state index contributed by atoms with van der Waals surface area (Å²) in [4.78, 5) is 38.2. The van der Waals surface area contributed by atoms with Gasteiger partial charge in [-0.1, -0.05) is 262 Å². The molecule has 1 atom stereocenters. The minimum atomic E-state index is -0.777. The standard InChI is InChI=1S/C63H114O6/c1-4-7-10-13-16-19-22-25-27-28-29-30-31-32-33-34-36-38-41-44-47-50-53-56-62(65)68-59-60(58-67-61(64)55-52-49-46-43-40-37-24-21-18-15-12-9-6-3)69-63(66)57-54-51-48-45-42-39-35-26-23-20-17-14-11-8-5-2/h21-22,24-25,28-29,31-32,60H,4-20,23,26-27,30,33-59H2,1-3H3/b24-21-,25-22-,29-28-,32-31-. The van der Waals surface area contributed by atoms with Gasteiger partial charge in [-0.15, -0.1) is 0 Å². The van der Waals surface area contributed by atoms with Crippen LogP contribution in [-0.2, 0) is 28.6 Å². The summed E-state index contributed by atoms with van der Waals surface area (Å²) in [6, 6.07) is 0. The molecule has 0 aliphatic heterocycles. The molecule has 0 spiro atoms. The number of rotatable bonds is 55. The van der Waals surface area contributed by atoms with Crippen LogP contribution in [0.15, 0.2) is 48.6 Å². The van der Waals surface area contributed by atoms with Crippen LogP contribution in [0.3, 0.4) is 0 Å². The molecule has 1 unspecified atom stereocenters. The molecule has 69 heavy (non-hydrogen) atoms. The lowest BCUT2D eigenvalue weighted by Gasteiger charge is -2.18. The van der Waals surface area contributed by atoms with Gasteiger partial charge in [0.2, 0.25) is 0 Å². The van der Waals surface area contributed by atoms with Gasteiger partial charge in [-0.25, -0.2) is 0 Å². The monoisotopic (exact) mass is 967 g/mol. The van der Waals surface area contributed by atoms with Crippen LogP contribution >= 0.6 is 0 Å². The van der Waals surface area contributed by atoms with Crippen LogP contribution in [0, 0.1) is 0 Å². The zero-order valence-electron chi connectivity index (χ0n) is 46.1. The Morgan fingerprint density at radius 1 is 0.290 bits per heavy atom. The van der Waals surface area contributed by atoms with Gasteiger partial charge in [0, 0.05) is 19.3 Å². The quantitative estimate of drug-likeness (QED) is 0.0262. The predicted molar refractivity (Wildman–Crippen MR) is 298 cm³/mol. The van der Waals surface area contributed by atoms with Gasteiger partial charge in [-0.3, -0.25) is 14.4 Å². The molecule has 6 heteroatoms. The molecule has 0 radical (unpaired) electrons. The van der Waals surface area contributed by atoms with Crippen LogP contribution in [0.1, 0.15) is 316 Å². The lowest BCUT2D eigenvalue weighted by atomic mass is 10.0. The smallest absolute Gasteiger partial charge is 0.306 e. The summed E-state index contributed by atoms with van der Waals surface area (Å²) < 4.78 is 16.9. The van der Waals surface area contributed by atoms with E-state index in [2.05, 4.69) is 69.4 Å². The van der Waals surface area contributed by atoms with Crippen molar-refractivity contribution < 1.29 is 28.6 Å². The van der Waals surface area contributed by atoms with E-state index in [1.165, 1.54) is 193 Å². The van der Waals surface area contributed by atoms with Crippen molar-refractivity contribution in [2.75, 3.05) is 13.2 Å². The molecule has 0 aliphatic carbocycles. The highest BCUT2D eigenvalue weighted by atomic mass is 16.6. The van der Waals surface area contributed by atoms with Crippen molar-refractivity contribution in [3.05, 3.63) is 48.6 Å². The van der Waals surface area contributed by atoms with Gasteiger partial charge in [0.25, 0.3) is 0 Å². The van der Waals surface area contributed by atoms with E-state index in [0.717, 1.165) is 83.5 Å². The van der Waals surface area contributed by atoms with E-state index in [0.29, 0.717) is 19.3 Å². The maximum absolute atomic E-state index is 12.9. The summed E-state index contributed by atoms with van der Waals surface area (Å²) in [6.45, 7) is 6.64. The Balaban J connectivity index is 4.31. The van der Waals surface area contributed by atoms with Crippen molar-refractivity contribution in [3.63, 3.8) is 0 Å². The fourth-order valence-corrected chi connectivity index (χ4v) is 8.74. The first-order valence-corrected chi connectivity index (χ1v) is 30.1. The molecule has 0 N–H and O–H groups in total. The van der Waals surface area contributed by atoms with Gasteiger partial charge in [-0.05, 0) is 83.5 Å². The third-order valence-electron chi connectivity index (χ3n) is 13.3. The Kier molecular flexibility index (Phi) is 55.7. The van der Waals surface area contributed by atoms with Crippen molar-refractivity contribution >= 4 is 17.9 Å². The summed E-state index contributed by atoms with van der Waals surface area (Å²) >= 11 is 0. The molecule has 402 valence electrons. The first-order chi connectivity index (χ1) is 34.0. The molecular weight excluding hydrogens is 853 g/mol. The fourth-order valence-electron chi connectivity index (χ4n) is 8.74. The van der Waals surface area contributed by atoms with E-state index in [4.69, 9.17) is 14.2 Å². The molecule has 0 amide bonds. The second kappa shape index (κ2) is 57.9. The van der Waals surface area contributed by atoms with Gasteiger partial charge < -0.3 is 14.2 Å².